The molecule has 31 heavy (non-hydrogen) atoms. The number of guanidine groups is 1. The molecule has 7 nitrogen and oxygen atoms in total. The van der Waals surface area contributed by atoms with Crippen molar-refractivity contribution >= 4 is 35.8 Å². The van der Waals surface area contributed by atoms with Crippen LogP contribution in [0.5, 0.6) is 0 Å². The van der Waals surface area contributed by atoms with Crippen molar-refractivity contribution in [3.8, 4) is 0 Å². The number of aliphatic imine (C=N–C) groups is 1. The van der Waals surface area contributed by atoms with Crippen molar-refractivity contribution in [1.29, 1.82) is 0 Å². The number of primary amides is 1. The Morgan fingerprint density at radius 2 is 1.97 bits per heavy atom. The molecular weight excluding hydrogens is 526 g/mol. The number of benzene rings is 1. The Hall–Kier alpha value is -1.60. The van der Waals surface area contributed by atoms with Gasteiger partial charge in [-0.25, -0.2) is 4.99 Å². The molecule has 0 spiro atoms. The van der Waals surface area contributed by atoms with E-state index in [2.05, 4.69) is 15.6 Å². The minimum absolute atomic E-state index is 0. The Morgan fingerprint density at radius 3 is 2.58 bits per heavy atom. The number of nitrogens with zero attached hydrogens (tertiary/aromatic N) is 2. The SMILES string of the molecule is CCNC(=NCc1cccc(COCC(F)(F)F)c1)NC1CCN(CC(N)=O)CC1.I. The minimum Gasteiger partial charge on any atom is -0.369 e. The van der Waals surface area contributed by atoms with Gasteiger partial charge in [-0.3, -0.25) is 9.69 Å². The van der Waals surface area contributed by atoms with Gasteiger partial charge in [0.05, 0.1) is 19.7 Å². The molecule has 1 amide bonds. The van der Waals surface area contributed by atoms with E-state index in [4.69, 9.17) is 10.5 Å². The van der Waals surface area contributed by atoms with Gasteiger partial charge in [0.1, 0.15) is 6.61 Å². The topological polar surface area (TPSA) is 92.0 Å². The highest BCUT2D eigenvalue weighted by atomic mass is 127. The summed E-state index contributed by atoms with van der Waals surface area (Å²) in [7, 11) is 0. The molecule has 2 rings (SSSR count). The Bertz CT molecular complexity index is 710. The molecule has 0 radical (unpaired) electrons. The summed E-state index contributed by atoms with van der Waals surface area (Å²) >= 11 is 0. The molecule has 1 aromatic carbocycles. The lowest BCUT2D eigenvalue weighted by Gasteiger charge is -2.32. The third-order valence-electron chi connectivity index (χ3n) is 4.60. The quantitative estimate of drug-likeness (QED) is 0.247. The monoisotopic (exact) mass is 557 g/mol. The highest BCUT2D eigenvalue weighted by molar-refractivity contribution is 14.0. The predicted molar refractivity (Wildman–Crippen MR) is 124 cm³/mol. The van der Waals surface area contributed by atoms with Crippen molar-refractivity contribution in [1.82, 2.24) is 15.5 Å². The Kier molecular flexibility index (Phi) is 12.2. The first-order valence-corrected chi connectivity index (χ1v) is 10.0. The zero-order valence-electron chi connectivity index (χ0n) is 17.6. The third kappa shape index (κ3) is 11.5. The molecule has 1 aliphatic heterocycles. The minimum atomic E-state index is -4.33. The van der Waals surface area contributed by atoms with Gasteiger partial charge < -0.3 is 21.1 Å². The molecule has 0 aliphatic carbocycles. The fourth-order valence-corrected chi connectivity index (χ4v) is 3.24. The van der Waals surface area contributed by atoms with E-state index in [0.29, 0.717) is 24.6 Å². The molecular formula is C20H31F3IN5O2. The number of likely N-dealkylation sites (tertiary alicyclic amines) is 1. The van der Waals surface area contributed by atoms with E-state index >= 15 is 0 Å². The van der Waals surface area contributed by atoms with Gasteiger partial charge in [0.2, 0.25) is 5.91 Å². The summed E-state index contributed by atoms with van der Waals surface area (Å²) in [6, 6.07) is 7.43. The van der Waals surface area contributed by atoms with Crippen LogP contribution in [0, 0.1) is 0 Å². The Morgan fingerprint density at radius 1 is 1.29 bits per heavy atom. The summed E-state index contributed by atoms with van der Waals surface area (Å²) in [5.74, 6) is 0.368. The van der Waals surface area contributed by atoms with E-state index in [1.807, 2.05) is 17.9 Å². The number of halogens is 4. The van der Waals surface area contributed by atoms with Crippen LogP contribution in [-0.2, 0) is 22.7 Å². The van der Waals surface area contributed by atoms with Gasteiger partial charge >= 0.3 is 6.18 Å². The zero-order chi connectivity index (χ0) is 22.0. The lowest BCUT2D eigenvalue weighted by molar-refractivity contribution is -0.176. The summed E-state index contributed by atoms with van der Waals surface area (Å²) in [5, 5.41) is 6.62. The molecule has 1 aliphatic rings. The first kappa shape index (κ1) is 27.4. The molecule has 4 N–H and O–H groups in total. The second-order valence-electron chi connectivity index (χ2n) is 7.28. The third-order valence-corrected chi connectivity index (χ3v) is 4.60. The molecule has 1 aromatic rings. The van der Waals surface area contributed by atoms with Crippen LogP contribution in [0.3, 0.4) is 0 Å². The standard InChI is InChI=1S/C20H30F3N5O2.HI/c1-2-25-19(27-17-6-8-28(9-7-17)12-18(24)29)26-11-15-4-3-5-16(10-15)13-30-14-20(21,22)23;/h3-5,10,17H,2,6-9,11-14H2,1H3,(H2,24,29)(H2,25,26,27);1H. The maximum atomic E-state index is 12.2. The van der Waals surface area contributed by atoms with Crippen LogP contribution in [0.1, 0.15) is 30.9 Å². The molecule has 1 fully saturated rings. The smallest absolute Gasteiger partial charge is 0.369 e. The normalized spacial score (nSPS) is 15.9. The molecule has 0 saturated carbocycles. The summed E-state index contributed by atoms with van der Waals surface area (Å²) < 4.78 is 41.3. The van der Waals surface area contributed by atoms with Gasteiger partial charge in [-0.2, -0.15) is 13.2 Å². The van der Waals surface area contributed by atoms with E-state index in [1.165, 1.54) is 0 Å². The number of ether oxygens (including phenoxy) is 1. The molecule has 0 atom stereocenters. The largest absolute Gasteiger partial charge is 0.411 e. The van der Waals surface area contributed by atoms with Crippen LogP contribution in [0.2, 0.25) is 0 Å². The number of hydrogen-bond donors (Lipinski definition) is 3. The van der Waals surface area contributed by atoms with Gasteiger partial charge in [0, 0.05) is 25.7 Å². The molecule has 0 unspecified atom stereocenters. The van der Waals surface area contributed by atoms with Crippen molar-refractivity contribution in [3.05, 3.63) is 35.4 Å². The van der Waals surface area contributed by atoms with E-state index in [0.717, 1.165) is 31.5 Å². The number of rotatable bonds is 9. The number of amides is 1. The first-order valence-electron chi connectivity index (χ1n) is 10.0. The summed E-state index contributed by atoms with van der Waals surface area (Å²) in [6.07, 6.45) is -2.57. The van der Waals surface area contributed by atoms with Crippen LogP contribution in [0.4, 0.5) is 13.2 Å². The number of hydrogen-bond acceptors (Lipinski definition) is 4. The van der Waals surface area contributed by atoms with E-state index in [9.17, 15) is 18.0 Å². The summed E-state index contributed by atoms with van der Waals surface area (Å²) in [6.45, 7) is 3.58. The van der Waals surface area contributed by atoms with Crippen molar-refractivity contribution in [2.24, 2.45) is 10.7 Å². The fraction of sp³-hybridized carbons (Fsp3) is 0.600. The average molecular weight is 557 g/mol. The Balaban J connectivity index is 0.00000480. The Labute approximate surface area is 198 Å². The molecule has 0 aromatic heterocycles. The molecule has 176 valence electrons. The second-order valence-corrected chi connectivity index (χ2v) is 7.28. The number of nitrogens with one attached hydrogen (secondary N) is 2. The molecule has 1 heterocycles. The number of alkyl halides is 3. The van der Waals surface area contributed by atoms with Crippen molar-refractivity contribution in [2.45, 2.75) is 45.1 Å². The van der Waals surface area contributed by atoms with Crippen LogP contribution in [0.15, 0.2) is 29.3 Å². The first-order chi connectivity index (χ1) is 14.2. The van der Waals surface area contributed by atoms with Crippen LogP contribution < -0.4 is 16.4 Å². The number of carbonyl (C=O) groups is 1. The maximum Gasteiger partial charge on any atom is 0.411 e. The second kappa shape index (κ2) is 13.7. The van der Waals surface area contributed by atoms with Crippen LogP contribution in [0.25, 0.3) is 0 Å². The predicted octanol–water partition coefficient (Wildman–Crippen LogP) is 2.39. The van der Waals surface area contributed by atoms with E-state index < -0.39 is 12.8 Å². The van der Waals surface area contributed by atoms with Gasteiger partial charge in [-0.15, -0.1) is 24.0 Å². The summed E-state index contributed by atoms with van der Waals surface area (Å²) in [5.41, 5.74) is 6.81. The lowest BCUT2D eigenvalue weighted by Crippen LogP contribution is -2.49. The van der Waals surface area contributed by atoms with Crippen molar-refractivity contribution in [3.63, 3.8) is 0 Å². The number of piperidine rings is 1. The zero-order valence-corrected chi connectivity index (χ0v) is 19.9. The molecule has 1 saturated heterocycles. The van der Waals surface area contributed by atoms with E-state index in [1.54, 1.807) is 18.2 Å². The lowest BCUT2D eigenvalue weighted by atomic mass is 10.1. The highest BCUT2D eigenvalue weighted by Gasteiger charge is 2.27. The number of nitrogens with two attached hydrogens (primary N) is 1. The molecule has 11 heteroatoms. The molecule has 0 bridgehead atoms. The average Bonchev–Trinajstić information content (AvgIpc) is 2.67. The fourth-order valence-electron chi connectivity index (χ4n) is 3.24. The van der Waals surface area contributed by atoms with Crippen molar-refractivity contribution < 1.29 is 22.7 Å². The van der Waals surface area contributed by atoms with Gasteiger partial charge in [-0.05, 0) is 30.9 Å². The van der Waals surface area contributed by atoms with Gasteiger partial charge in [0.25, 0.3) is 0 Å². The number of carbonyl (C=O) groups excluding carboxylic acids is 1. The van der Waals surface area contributed by atoms with Gasteiger partial charge in [0.15, 0.2) is 5.96 Å². The van der Waals surface area contributed by atoms with Crippen molar-refractivity contribution in [2.75, 3.05) is 32.8 Å². The van der Waals surface area contributed by atoms with Gasteiger partial charge in [-0.1, -0.05) is 24.3 Å². The van der Waals surface area contributed by atoms with Crippen LogP contribution >= 0.6 is 24.0 Å². The van der Waals surface area contributed by atoms with Crippen LogP contribution in [-0.4, -0.2) is 61.8 Å². The summed E-state index contributed by atoms with van der Waals surface area (Å²) in [4.78, 5) is 17.7. The van der Waals surface area contributed by atoms with E-state index in [-0.39, 0.29) is 49.1 Å². The maximum absolute atomic E-state index is 12.2. The highest BCUT2D eigenvalue weighted by Crippen LogP contribution is 2.16.